The number of ether oxygens (including phenoxy) is 1. The van der Waals surface area contributed by atoms with Crippen molar-refractivity contribution in [1.29, 1.82) is 0 Å². The second-order valence-electron chi connectivity index (χ2n) is 7.34. The number of imide groups is 2. The number of nitro benzene ring substituents is 1. The molecule has 176 valence electrons. The number of hydrogen-bond donors (Lipinski definition) is 1. The summed E-state index contributed by atoms with van der Waals surface area (Å²) >= 11 is 12.2. The maximum absolute atomic E-state index is 13.0. The summed E-state index contributed by atoms with van der Waals surface area (Å²) in [6.07, 6.45) is 1.31. The van der Waals surface area contributed by atoms with Crippen LogP contribution in [0.5, 0.6) is 5.75 Å². The quantitative estimate of drug-likeness (QED) is 0.211. The van der Waals surface area contributed by atoms with E-state index in [-0.39, 0.29) is 28.6 Å². The number of amides is 4. The lowest BCUT2D eigenvalue weighted by Gasteiger charge is -2.26. The van der Waals surface area contributed by atoms with Crippen molar-refractivity contribution in [1.82, 2.24) is 5.32 Å². The minimum Gasteiger partial charge on any atom is -0.487 e. The second-order valence-corrected chi connectivity index (χ2v) is 8.18. The molecule has 0 spiro atoms. The number of carbonyl (C=O) groups excluding carboxylic acids is 3. The van der Waals surface area contributed by atoms with Gasteiger partial charge in [0.2, 0.25) is 0 Å². The van der Waals surface area contributed by atoms with Crippen molar-refractivity contribution in [2.45, 2.75) is 6.61 Å². The van der Waals surface area contributed by atoms with Crippen molar-refractivity contribution in [3.63, 3.8) is 0 Å². The van der Waals surface area contributed by atoms with Crippen molar-refractivity contribution in [2.24, 2.45) is 0 Å². The predicted molar refractivity (Wildman–Crippen MR) is 129 cm³/mol. The van der Waals surface area contributed by atoms with Crippen molar-refractivity contribution in [2.75, 3.05) is 4.90 Å². The highest BCUT2D eigenvalue weighted by Crippen LogP contribution is 2.29. The fourth-order valence-corrected chi connectivity index (χ4v) is 3.66. The van der Waals surface area contributed by atoms with E-state index in [0.29, 0.717) is 21.9 Å². The predicted octanol–water partition coefficient (Wildman–Crippen LogP) is 5.15. The van der Waals surface area contributed by atoms with Gasteiger partial charge in [0, 0.05) is 17.2 Å². The average Bonchev–Trinajstić information content (AvgIpc) is 2.82. The van der Waals surface area contributed by atoms with Gasteiger partial charge in [0.05, 0.1) is 15.6 Å². The van der Waals surface area contributed by atoms with E-state index in [0.717, 1.165) is 4.90 Å². The zero-order chi connectivity index (χ0) is 25.1. The molecule has 35 heavy (non-hydrogen) atoms. The SMILES string of the molecule is O=C1NC(=O)N(c2ccc(Cl)cc2)C(=O)/C1=C/c1ccc(OCc2cccc([N+](=O)[O-])c2)c(Cl)c1. The molecule has 1 heterocycles. The smallest absolute Gasteiger partial charge is 0.335 e. The van der Waals surface area contributed by atoms with Gasteiger partial charge in [0.25, 0.3) is 17.5 Å². The number of rotatable bonds is 6. The van der Waals surface area contributed by atoms with Gasteiger partial charge >= 0.3 is 6.03 Å². The number of nitrogens with one attached hydrogen (secondary N) is 1. The van der Waals surface area contributed by atoms with Crippen LogP contribution < -0.4 is 15.0 Å². The molecule has 0 atom stereocenters. The summed E-state index contributed by atoms with van der Waals surface area (Å²) in [4.78, 5) is 48.9. The molecule has 0 aromatic heterocycles. The van der Waals surface area contributed by atoms with E-state index in [1.807, 2.05) is 0 Å². The van der Waals surface area contributed by atoms with E-state index < -0.39 is 22.8 Å². The van der Waals surface area contributed by atoms with Crippen molar-refractivity contribution >= 4 is 58.5 Å². The number of nitro groups is 1. The Labute approximate surface area is 208 Å². The van der Waals surface area contributed by atoms with E-state index >= 15 is 0 Å². The van der Waals surface area contributed by atoms with Crippen LogP contribution in [0, 0.1) is 10.1 Å². The topological polar surface area (TPSA) is 119 Å². The first-order chi connectivity index (χ1) is 16.7. The third kappa shape index (κ3) is 5.32. The van der Waals surface area contributed by atoms with Gasteiger partial charge in [-0.25, -0.2) is 9.69 Å². The van der Waals surface area contributed by atoms with Crippen LogP contribution in [-0.4, -0.2) is 22.8 Å². The standard InChI is InChI=1S/C24H15Cl2N3O6/c25-16-5-7-17(8-6-16)28-23(31)19(22(30)27-24(28)32)11-14-4-9-21(20(26)12-14)35-13-15-2-1-3-18(10-15)29(33)34/h1-12H,13H2,(H,27,30,32)/b19-11+. The van der Waals surface area contributed by atoms with E-state index in [1.54, 1.807) is 24.3 Å². The van der Waals surface area contributed by atoms with Crippen molar-refractivity contribution < 1.29 is 24.0 Å². The number of barbiturate groups is 1. The molecule has 1 N–H and O–H groups in total. The Kier molecular flexibility index (Phi) is 6.81. The van der Waals surface area contributed by atoms with Crippen LogP contribution in [0.15, 0.2) is 72.3 Å². The molecule has 1 aliphatic rings. The number of urea groups is 1. The maximum Gasteiger partial charge on any atom is 0.335 e. The van der Waals surface area contributed by atoms with Crippen LogP contribution in [0.4, 0.5) is 16.2 Å². The van der Waals surface area contributed by atoms with Gasteiger partial charge in [0.1, 0.15) is 17.9 Å². The van der Waals surface area contributed by atoms with Gasteiger partial charge in [-0.15, -0.1) is 0 Å². The summed E-state index contributed by atoms with van der Waals surface area (Å²) < 4.78 is 5.66. The van der Waals surface area contributed by atoms with Gasteiger partial charge in [-0.1, -0.05) is 41.4 Å². The highest BCUT2D eigenvalue weighted by atomic mass is 35.5. The zero-order valence-corrected chi connectivity index (χ0v) is 19.2. The molecule has 0 aliphatic carbocycles. The highest BCUT2D eigenvalue weighted by molar-refractivity contribution is 6.39. The number of nitrogens with zero attached hydrogens (tertiary/aromatic N) is 2. The molecule has 4 amide bonds. The monoisotopic (exact) mass is 511 g/mol. The minimum atomic E-state index is -0.873. The third-order valence-corrected chi connectivity index (χ3v) is 5.52. The van der Waals surface area contributed by atoms with Crippen LogP contribution in [-0.2, 0) is 16.2 Å². The Morgan fingerprint density at radius 2 is 1.74 bits per heavy atom. The van der Waals surface area contributed by atoms with E-state index in [4.69, 9.17) is 27.9 Å². The van der Waals surface area contributed by atoms with E-state index in [1.165, 1.54) is 48.5 Å². The summed E-state index contributed by atoms with van der Waals surface area (Å²) in [5, 5.41) is 13.7. The molecule has 4 rings (SSSR count). The van der Waals surface area contributed by atoms with Gasteiger partial charge in [-0.05, 0) is 53.6 Å². The Morgan fingerprint density at radius 3 is 2.43 bits per heavy atom. The average molecular weight is 512 g/mol. The third-order valence-electron chi connectivity index (χ3n) is 4.97. The van der Waals surface area contributed by atoms with Gasteiger partial charge in [-0.2, -0.15) is 0 Å². The Bertz CT molecular complexity index is 1390. The zero-order valence-electron chi connectivity index (χ0n) is 17.7. The van der Waals surface area contributed by atoms with E-state index in [2.05, 4.69) is 5.32 Å². The molecular weight excluding hydrogens is 497 g/mol. The number of benzene rings is 3. The number of hydrogen-bond acceptors (Lipinski definition) is 6. The molecule has 3 aromatic carbocycles. The second kappa shape index (κ2) is 9.96. The molecule has 1 saturated heterocycles. The summed E-state index contributed by atoms with van der Waals surface area (Å²) in [6, 6.07) is 15.7. The first-order valence-electron chi connectivity index (χ1n) is 10.1. The normalized spacial score (nSPS) is 14.7. The molecule has 1 fully saturated rings. The van der Waals surface area contributed by atoms with Crippen LogP contribution in [0.3, 0.4) is 0 Å². The number of anilines is 1. The number of non-ortho nitro benzene ring substituents is 1. The Hall–Kier alpha value is -4.21. The molecular formula is C24H15Cl2N3O6. The summed E-state index contributed by atoms with van der Waals surface area (Å²) in [5.74, 6) is -1.34. The van der Waals surface area contributed by atoms with Crippen LogP contribution in [0.2, 0.25) is 10.0 Å². The van der Waals surface area contributed by atoms with Crippen LogP contribution in [0.1, 0.15) is 11.1 Å². The van der Waals surface area contributed by atoms with Gasteiger partial charge < -0.3 is 4.74 Å². The molecule has 0 bridgehead atoms. The lowest BCUT2D eigenvalue weighted by Crippen LogP contribution is -2.54. The van der Waals surface area contributed by atoms with Crippen molar-refractivity contribution in [3.8, 4) is 5.75 Å². The summed E-state index contributed by atoms with van der Waals surface area (Å²) in [7, 11) is 0. The molecule has 9 nitrogen and oxygen atoms in total. The number of carbonyl (C=O) groups is 3. The highest BCUT2D eigenvalue weighted by Gasteiger charge is 2.36. The fourth-order valence-electron chi connectivity index (χ4n) is 3.29. The van der Waals surface area contributed by atoms with Gasteiger partial charge in [0.15, 0.2) is 0 Å². The molecule has 0 saturated carbocycles. The van der Waals surface area contributed by atoms with E-state index in [9.17, 15) is 24.5 Å². The number of halogens is 2. The lowest BCUT2D eigenvalue weighted by molar-refractivity contribution is -0.384. The Balaban J connectivity index is 1.54. The summed E-state index contributed by atoms with van der Waals surface area (Å²) in [6.45, 7) is 0.0426. The summed E-state index contributed by atoms with van der Waals surface area (Å²) in [5.41, 5.74) is 0.930. The van der Waals surface area contributed by atoms with Gasteiger partial charge in [-0.3, -0.25) is 25.0 Å². The van der Waals surface area contributed by atoms with Crippen LogP contribution in [0.25, 0.3) is 6.08 Å². The lowest BCUT2D eigenvalue weighted by atomic mass is 10.1. The molecule has 1 aliphatic heterocycles. The first-order valence-corrected chi connectivity index (χ1v) is 10.8. The van der Waals surface area contributed by atoms with Crippen LogP contribution >= 0.6 is 23.2 Å². The minimum absolute atomic E-state index is 0.0426. The van der Waals surface area contributed by atoms with Crippen molar-refractivity contribution in [3.05, 3.63) is 104 Å². The maximum atomic E-state index is 13.0. The fraction of sp³-hybridized carbons (Fsp3) is 0.0417. The molecule has 0 radical (unpaired) electrons. The largest absolute Gasteiger partial charge is 0.487 e. The molecule has 0 unspecified atom stereocenters. The molecule has 11 heteroatoms. The Morgan fingerprint density at radius 1 is 1.00 bits per heavy atom. The first kappa shape index (κ1) is 23.9. The molecule has 3 aromatic rings.